The Labute approximate surface area is 140 Å². The lowest BCUT2D eigenvalue weighted by Gasteiger charge is -2.33. The zero-order valence-corrected chi connectivity index (χ0v) is 14.1. The molecule has 0 saturated carbocycles. The van der Waals surface area contributed by atoms with E-state index in [4.69, 9.17) is 4.74 Å². The van der Waals surface area contributed by atoms with Crippen LogP contribution in [0.2, 0.25) is 0 Å². The van der Waals surface area contributed by atoms with E-state index in [1.54, 1.807) is 0 Å². The Kier molecular flexibility index (Phi) is 5.86. The smallest absolute Gasteiger partial charge is 0.302 e. The van der Waals surface area contributed by atoms with Crippen LogP contribution in [0, 0.1) is 10.1 Å². The lowest BCUT2D eigenvalue weighted by molar-refractivity contribution is -0.384. The molecule has 0 unspecified atom stereocenters. The summed E-state index contributed by atoms with van der Waals surface area (Å²) >= 11 is 0. The maximum Gasteiger partial charge on any atom is 0.302 e. The van der Waals surface area contributed by atoms with Crippen molar-refractivity contribution >= 4 is 21.7 Å². The molecule has 1 heterocycles. The second-order valence-corrected chi connectivity index (χ2v) is 7.27. The van der Waals surface area contributed by atoms with Gasteiger partial charge >= 0.3 is 5.97 Å². The lowest BCUT2D eigenvalue weighted by Crippen LogP contribution is -2.49. The number of nitro groups is 1. The minimum Gasteiger partial charge on any atom is -0.465 e. The van der Waals surface area contributed by atoms with Gasteiger partial charge in [-0.05, 0) is 12.1 Å². The van der Waals surface area contributed by atoms with Crippen LogP contribution in [0.5, 0.6) is 0 Å². The molecule has 10 heteroatoms. The summed E-state index contributed by atoms with van der Waals surface area (Å²) < 4.78 is 31.3. The Morgan fingerprint density at radius 2 is 1.79 bits per heavy atom. The van der Waals surface area contributed by atoms with E-state index in [1.807, 2.05) is 4.90 Å². The maximum atomic E-state index is 12.5. The maximum absolute atomic E-state index is 12.5. The molecule has 132 valence electrons. The second kappa shape index (κ2) is 7.69. The minimum atomic E-state index is -3.66. The van der Waals surface area contributed by atoms with E-state index in [9.17, 15) is 23.3 Å². The summed E-state index contributed by atoms with van der Waals surface area (Å²) in [7, 11) is -3.66. The van der Waals surface area contributed by atoms with Gasteiger partial charge in [0, 0.05) is 51.8 Å². The third kappa shape index (κ3) is 4.49. The number of non-ortho nitro benzene ring substituents is 1. The molecule has 0 atom stereocenters. The number of nitrogens with zero attached hydrogens (tertiary/aromatic N) is 3. The van der Waals surface area contributed by atoms with Crippen LogP contribution in [0.1, 0.15) is 6.92 Å². The van der Waals surface area contributed by atoms with Gasteiger partial charge in [0.1, 0.15) is 6.61 Å². The van der Waals surface area contributed by atoms with Gasteiger partial charge in [0.25, 0.3) is 5.69 Å². The zero-order valence-electron chi connectivity index (χ0n) is 13.3. The van der Waals surface area contributed by atoms with Gasteiger partial charge < -0.3 is 4.74 Å². The molecule has 1 aliphatic heterocycles. The van der Waals surface area contributed by atoms with Crippen LogP contribution in [-0.2, 0) is 19.6 Å². The number of rotatable bonds is 6. The molecule has 0 bridgehead atoms. The van der Waals surface area contributed by atoms with Gasteiger partial charge in [-0.1, -0.05) is 0 Å². The number of hydrogen-bond acceptors (Lipinski definition) is 7. The van der Waals surface area contributed by atoms with E-state index in [0.29, 0.717) is 32.7 Å². The first-order valence-corrected chi connectivity index (χ1v) is 8.85. The van der Waals surface area contributed by atoms with Gasteiger partial charge in [0.2, 0.25) is 10.0 Å². The van der Waals surface area contributed by atoms with E-state index < -0.39 is 14.9 Å². The number of hydrogen-bond donors (Lipinski definition) is 0. The van der Waals surface area contributed by atoms with E-state index in [0.717, 1.165) is 0 Å². The topological polar surface area (TPSA) is 110 Å². The number of carbonyl (C=O) groups is 1. The fourth-order valence-electron chi connectivity index (χ4n) is 2.40. The minimum absolute atomic E-state index is 0.0430. The second-order valence-electron chi connectivity index (χ2n) is 5.34. The SMILES string of the molecule is CC(=O)OCCN1CCN(S(=O)(=O)c2ccc([N+](=O)[O-])cc2)CC1. The largest absolute Gasteiger partial charge is 0.465 e. The summed E-state index contributed by atoms with van der Waals surface area (Å²) in [5.41, 5.74) is -0.149. The van der Waals surface area contributed by atoms with Crippen molar-refractivity contribution in [3.05, 3.63) is 34.4 Å². The molecular formula is C14H19N3O6S. The molecule has 2 rings (SSSR count). The predicted molar refractivity (Wildman–Crippen MR) is 84.9 cm³/mol. The average Bonchev–Trinajstić information content (AvgIpc) is 2.55. The average molecular weight is 357 g/mol. The third-order valence-corrected chi connectivity index (χ3v) is 5.64. The molecule has 1 saturated heterocycles. The van der Waals surface area contributed by atoms with Gasteiger partial charge in [-0.3, -0.25) is 19.8 Å². The number of nitro benzene ring substituents is 1. The Bertz CT molecular complexity index is 696. The van der Waals surface area contributed by atoms with Crippen LogP contribution < -0.4 is 0 Å². The molecule has 0 amide bonds. The van der Waals surface area contributed by atoms with Gasteiger partial charge in [-0.25, -0.2) is 8.42 Å². The molecule has 0 aromatic heterocycles. The summed E-state index contributed by atoms with van der Waals surface area (Å²) in [4.78, 5) is 22.8. The van der Waals surface area contributed by atoms with Gasteiger partial charge in [-0.2, -0.15) is 4.31 Å². The van der Waals surface area contributed by atoms with E-state index in [-0.39, 0.29) is 23.2 Å². The van der Waals surface area contributed by atoms with Crippen molar-refractivity contribution in [3.8, 4) is 0 Å². The first-order chi connectivity index (χ1) is 11.3. The Hall–Kier alpha value is -2.04. The highest BCUT2D eigenvalue weighted by Gasteiger charge is 2.28. The highest BCUT2D eigenvalue weighted by atomic mass is 32.2. The highest BCUT2D eigenvalue weighted by molar-refractivity contribution is 7.89. The summed E-state index contributed by atoms with van der Waals surface area (Å²) in [5.74, 6) is -0.339. The monoisotopic (exact) mass is 357 g/mol. The number of esters is 1. The number of carbonyl (C=O) groups excluding carboxylic acids is 1. The van der Waals surface area contributed by atoms with Crippen molar-refractivity contribution in [1.29, 1.82) is 0 Å². The highest BCUT2D eigenvalue weighted by Crippen LogP contribution is 2.20. The Balaban J connectivity index is 1.94. The van der Waals surface area contributed by atoms with E-state index in [2.05, 4.69) is 0 Å². The first-order valence-electron chi connectivity index (χ1n) is 7.41. The van der Waals surface area contributed by atoms with E-state index in [1.165, 1.54) is 35.5 Å². The van der Waals surface area contributed by atoms with Crippen LogP contribution in [-0.4, -0.2) is 67.8 Å². The van der Waals surface area contributed by atoms with Crippen molar-refractivity contribution in [3.63, 3.8) is 0 Å². The Morgan fingerprint density at radius 1 is 1.21 bits per heavy atom. The molecule has 0 radical (unpaired) electrons. The van der Waals surface area contributed by atoms with Gasteiger partial charge in [0.15, 0.2) is 0 Å². The fraction of sp³-hybridized carbons (Fsp3) is 0.500. The fourth-order valence-corrected chi connectivity index (χ4v) is 3.82. The van der Waals surface area contributed by atoms with E-state index >= 15 is 0 Å². The third-order valence-electron chi connectivity index (χ3n) is 3.73. The molecular weight excluding hydrogens is 338 g/mol. The van der Waals surface area contributed by atoms with Crippen molar-refractivity contribution in [1.82, 2.24) is 9.21 Å². The van der Waals surface area contributed by atoms with Crippen LogP contribution in [0.25, 0.3) is 0 Å². The molecule has 0 N–H and O–H groups in total. The van der Waals surface area contributed by atoms with Crippen molar-refractivity contribution in [2.45, 2.75) is 11.8 Å². The van der Waals surface area contributed by atoms with Crippen LogP contribution in [0.15, 0.2) is 29.2 Å². The van der Waals surface area contributed by atoms with Crippen molar-refractivity contribution in [2.24, 2.45) is 0 Å². The summed E-state index contributed by atoms with van der Waals surface area (Å²) in [6, 6.07) is 4.87. The standard InChI is InChI=1S/C14H19N3O6S/c1-12(18)23-11-10-15-6-8-16(9-7-15)24(21,22)14-4-2-13(3-5-14)17(19)20/h2-5H,6-11H2,1H3. The van der Waals surface area contributed by atoms with Crippen LogP contribution in [0.4, 0.5) is 5.69 Å². The molecule has 1 aromatic carbocycles. The number of benzene rings is 1. The molecule has 1 aromatic rings. The van der Waals surface area contributed by atoms with Crippen molar-refractivity contribution in [2.75, 3.05) is 39.3 Å². The Morgan fingerprint density at radius 3 is 2.29 bits per heavy atom. The van der Waals surface area contributed by atoms with Crippen LogP contribution in [0.3, 0.4) is 0 Å². The van der Waals surface area contributed by atoms with Gasteiger partial charge in [0.05, 0.1) is 9.82 Å². The molecule has 9 nitrogen and oxygen atoms in total. The number of ether oxygens (including phenoxy) is 1. The summed E-state index contributed by atoms with van der Waals surface area (Å²) in [6.07, 6.45) is 0. The summed E-state index contributed by atoms with van der Waals surface area (Å²) in [5, 5.41) is 10.6. The molecule has 0 spiro atoms. The predicted octanol–water partition coefficient (Wildman–Crippen LogP) is 0.464. The zero-order chi connectivity index (χ0) is 17.7. The molecule has 0 aliphatic carbocycles. The molecule has 1 fully saturated rings. The normalized spacial score (nSPS) is 16.7. The lowest BCUT2D eigenvalue weighted by atomic mass is 10.3. The summed E-state index contributed by atoms with van der Waals surface area (Å²) in [6.45, 7) is 3.89. The first kappa shape index (κ1) is 18.3. The van der Waals surface area contributed by atoms with Crippen LogP contribution >= 0.6 is 0 Å². The molecule has 24 heavy (non-hydrogen) atoms. The molecule has 1 aliphatic rings. The number of piperazine rings is 1. The quantitative estimate of drug-likeness (QED) is 0.413. The van der Waals surface area contributed by atoms with Crippen molar-refractivity contribution < 1.29 is 22.9 Å². The van der Waals surface area contributed by atoms with Gasteiger partial charge in [-0.15, -0.1) is 0 Å². The number of sulfonamides is 1.